The van der Waals surface area contributed by atoms with E-state index in [4.69, 9.17) is 4.42 Å². The van der Waals surface area contributed by atoms with Gasteiger partial charge in [-0.1, -0.05) is 91.0 Å². The van der Waals surface area contributed by atoms with Crippen LogP contribution in [0.25, 0.3) is 80.4 Å². The largest absolute Gasteiger partial charge is 0.456 e. The summed E-state index contributed by atoms with van der Waals surface area (Å²) in [6, 6.07) is 61.3. The zero-order chi connectivity index (χ0) is 32.8. The zero-order valence-corrected chi connectivity index (χ0v) is 27.7. The van der Waals surface area contributed by atoms with Crippen molar-refractivity contribution in [3.05, 3.63) is 170 Å². The molecule has 3 nitrogen and oxygen atoms in total. The fourth-order valence-corrected chi connectivity index (χ4v) is 9.09. The van der Waals surface area contributed by atoms with Crippen molar-refractivity contribution in [2.75, 3.05) is 4.90 Å². The Morgan fingerprint density at radius 3 is 2.02 bits per heavy atom. The lowest BCUT2D eigenvalue weighted by molar-refractivity contribution is 0.669. The number of rotatable bonds is 4. The number of fused-ring (bicyclic) bond motifs is 10. The number of hydrogen-bond donors (Lipinski definition) is 0. The monoisotopic (exact) mass is 656 g/mol. The van der Waals surface area contributed by atoms with E-state index in [1.165, 1.54) is 52.8 Å². The van der Waals surface area contributed by atoms with Gasteiger partial charge in [-0.15, -0.1) is 11.3 Å². The number of benzene rings is 8. The molecule has 0 saturated carbocycles. The minimum atomic E-state index is 0.878. The molecule has 0 N–H and O–H groups in total. The number of anilines is 3. The Bertz CT molecular complexity index is 3110. The van der Waals surface area contributed by atoms with Gasteiger partial charge in [0.25, 0.3) is 0 Å². The maximum atomic E-state index is 6.61. The first-order valence-electron chi connectivity index (χ1n) is 16.9. The first-order chi connectivity index (χ1) is 24.8. The van der Waals surface area contributed by atoms with Gasteiger partial charge < -0.3 is 13.9 Å². The summed E-state index contributed by atoms with van der Waals surface area (Å²) in [6.45, 7) is 0. The highest BCUT2D eigenvalue weighted by atomic mass is 32.1. The number of para-hydroxylation sites is 2. The number of thiophene rings is 1. The zero-order valence-electron chi connectivity index (χ0n) is 26.9. The molecule has 0 saturated heterocycles. The van der Waals surface area contributed by atoms with Gasteiger partial charge in [0.1, 0.15) is 11.2 Å². The fourth-order valence-electron chi connectivity index (χ4n) is 7.88. The van der Waals surface area contributed by atoms with E-state index in [1.807, 2.05) is 11.3 Å². The average Bonchev–Trinajstić information content (AvgIpc) is 3.83. The van der Waals surface area contributed by atoms with Crippen molar-refractivity contribution in [3.8, 4) is 5.69 Å². The molecule has 50 heavy (non-hydrogen) atoms. The van der Waals surface area contributed by atoms with E-state index in [1.54, 1.807) is 0 Å². The summed E-state index contributed by atoms with van der Waals surface area (Å²) in [5.41, 5.74) is 8.61. The molecule has 3 aromatic heterocycles. The van der Waals surface area contributed by atoms with Crippen LogP contribution in [-0.2, 0) is 0 Å². The molecule has 0 unspecified atom stereocenters. The summed E-state index contributed by atoms with van der Waals surface area (Å²) >= 11 is 1.85. The number of furan rings is 1. The summed E-state index contributed by atoms with van der Waals surface area (Å²) in [5.74, 6) is 0. The van der Waals surface area contributed by atoms with Crippen LogP contribution in [0.4, 0.5) is 17.1 Å². The fraction of sp³-hybridized carbons (Fsp3) is 0. The van der Waals surface area contributed by atoms with E-state index in [0.717, 1.165) is 44.7 Å². The molecular weight excluding hydrogens is 629 g/mol. The summed E-state index contributed by atoms with van der Waals surface area (Å²) in [6.07, 6.45) is 0. The summed E-state index contributed by atoms with van der Waals surface area (Å²) in [4.78, 5) is 2.41. The van der Waals surface area contributed by atoms with Crippen molar-refractivity contribution in [2.24, 2.45) is 0 Å². The van der Waals surface area contributed by atoms with Gasteiger partial charge in [-0.25, -0.2) is 0 Å². The number of aromatic nitrogens is 1. The summed E-state index contributed by atoms with van der Waals surface area (Å²) < 4.78 is 11.5. The van der Waals surface area contributed by atoms with E-state index in [2.05, 4.69) is 179 Å². The van der Waals surface area contributed by atoms with Crippen molar-refractivity contribution < 1.29 is 4.42 Å². The summed E-state index contributed by atoms with van der Waals surface area (Å²) in [5, 5.41) is 9.66. The van der Waals surface area contributed by atoms with Gasteiger partial charge in [-0.05, 0) is 83.6 Å². The van der Waals surface area contributed by atoms with Gasteiger partial charge in [0.2, 0.25) is 0 Å². The second-order valence-corrected chi connectivity index (χ2v) is 14.0. The third-order valence-electron chi connectivity index (χ3n) is 10.1. The van der Waals surface area contributed by atoms with Crippen LogP contribution in [0.15, 0.2) is 174 Å². The third kappa shape index (κ3) is 4.03. The van der Waals surface area contributed by atoms with Crippen molar-refractivity contribution in [2.45, 2.75) is 0 Å². The lowest BCUT2D eigenvalue weighted by Crippen LogP contribution is -2.10. The molecule has 234 valence electrons. The number of hydrogen-bond acceptors (Lipinski definition) is 3. The SMILES string of the molecule is c1ccc(-n2c3ccccc3c3cc(N(c4ccc5c(c4)oc4cc6ccccc6cc45)c4cccc5c4sc4ccccc45)ccc32)cc1. The van der Waals surface area contributed by atoms with Gasteiger partial charge in [0.05, 0.1) is 21.4 Å². The van der Waals surface area contributed by atoms with Gasteiger partial charge in [-0.2, -0.15) is 0 Å². The van der Waals surface area contributed by atoms with Crippen LogP contribution in [0.2, 0.25) is 0 Å². The van der Waals surface area contributed by atoms with Crippen LogP contribution in [-0.4, -0.2) is 4.57 Å². The van der Waals surface area contributed by atoms with Crippen LogP contribution < -0.4 is 4.90 Å². The maximum Gasteiger partial charge on any atom is 0.137 e. The van der Waals surface area contributed by atoms with Gasteiger partial charge >= 0.3 is 0 Å². The van der Waals surface area contributed by atoms with E-state index < -0.39 is 0 Å². The molecule has 0 aliphatic rings. The molecule has 0 spiro atoms. The molecule has 4 heteroatoms. The first kappa shape index (κ1) is 27.6. The van der Waals surface area contributed by atoms with Crippen molar-refractivity contribution in [1.82, 2.24) is 4.57 Å². The van der Waals surface area contributed by atoms with E-state index >= 15 is 0 Å². The van der Waals surface area contributed by atoms with Crippen molar-refractivity contribution >= 4 is 103 Å². The normalized spacial score (nSPS) is 12.0. The average molecular weight is 657 g/mol. The predicted molar refractivity (Wildman–Crippen MR) is 213 cm³/mol. The lowest BCUT2D eigenvalue weighted by Gasteiger charge is -2.26. The van der Waals surface area contributed by atoms with E-state index in [9.17, 15) is 0 Å². The summed E-state index contributed by atoms with van der Waals surface area (Å²) in [7, 11) is 0. The Kier molecular flexibility index (Phi) is 5.83. The predicted octanol–water partition coefficient (Wildman–Crippen LogP) is 13.7. The topological polar surface area (TPSA) is 21.3 Å². The molecule has 0 aliphatic heterocycles. The molecule has 0 aliphatic carbocycles. The molecule has 0 atom stereocenters. The Labute approximate surface area is 291 Å². The Balaban J connectivity index is 1.18. The smallest absolute Gasteiger partial charge is 0.137 e. The molecule has 0 amide bonds. The highest BCUT2D eigenvalue weighted by Crippen LogP contribution is 2.47. The Hall–Kier alpha value is -6.36. The van der Waals surface area contributed by atoms with Crippen LogP contribution in [0.3, 0.4) is 0 Å². The van der Waals surface area contributed by atoms with E-state index in [0.29, 0.717) is 0 Å². The first-order valence-corrected chi connectivity index (χ1v) is 17.7. The standard InChI is InChI=1S/C46H28N2OS/c1-2-13-31(14-3-1)48-40-18-8-6-15-34(40)38-27-32(22-24-41(38)48)47(42-19-10-17-37-36-16-7-9-20-45(36)50-46(37)42)33-21-23-35-39-25-29-11-4-5-12-30(29)26-43(39)49-44(35)28-33/h1-28H. The van der Waals surface area contributed by atoms with Crippen molar-refractivity contribution in [3.63, 3.8) is 0 Å². The molecule has 0 fully saturated rings. The molecular formula is C46H28N2OS. The molecule has 8 aromatic carbocycles. The highest BCUT2D eigenvalue weighted by Gasteiger charge is 2.21. The molecule has 0 radical (unpaired) electrons. The highest BCUT2D eigenvalue weighted by molar-refractivity contribution is 7.26. The Morgan fingerprint density at radius 1 is 0.440 bits per heavy atom. The Morgan fingerprint density at radius 2 is 1.12 bits per heavy atom. The molecule has 11 aromatic rings. The third-order valence-corrected chi connectivity index (χ3v) is 11.3. The minimum Gasteiger partial charge on any atom is -0.456 e. The lowest BCUT2D eigenvalue weighted by atomic mass is 10.1. The number of nitrogens with zero attached hydrogens (tertiary/aromatic N) is 2. The van der Waals surface area contributed by atoms with Gasteiger partial charge in [0.15, 0.2) is 0 Å². The second-order valence-electron chi connectivity index (χ2n) is 13.0. The minimum absolute atomic E-state index is 0.878. The van der Waals surface area contributed by atoms with Crippen LogP contribution in [0, 0.1) is 0 Å². The van der Waals surface area contributed by atoms with Crippen LogP contribution >= 0.6 is 11.3 Å². The maximum absolute atomic E-state index is 6.61. The van der Waals surface area contributed by atoms with Crippen LogP contribution in [0.5, 0.6) is 0 Å². The van der Waals surface area contributed by atoms with Gasteiger partial charge in [-0.3, -0.25) is 0 Å². The molecule has 3 heterocycles. The van der Waals surface area contributed by atoms with Crippen molar-refractivity contribution in [1.29, 1.82) is 0 Å². The molecule has 11 rings (SSSR count). The molecule has 0 bridgehead atoms. The van der Waals surface area contributed by atoms with E-state index in [-0.39, 0.29) is 0 Å². The quantitative estimate of drug-likeness (QED) is 0.188. The van der Waals surface area contributed by atoms with Crippen LogP contribution in [0.1, 0.15) is 0 Å². The van der Waals surface area contributed by atoms with Gasteiger partial charge in [0, 0.05) is 60.1 Å². The second kappa shape index (κ2) is 10.6.